The van der Waals surface area contributed by atoms with Crippen LogP contribution < -0.4 is 5.32 Å². The summed E-state index contributed by atoms with van der Waals surface area (Å²) in [4.78, 5) is 12.2. The molecule has 6 nitrogen and oxygen atoms in total. The predicted octanol–water partition coefficient (Wildman–Crippen LogP) is 4.43. The minimum Gasteiger partial charge on any atom is -0.308 e. The van der Waals surface area contributed by atoms with Gasteiger partial charge in [0.15, 0.2) is 5.82 Å². The van der Waals surface area contributed by atoms with Crippen LogP contribution >= 0.6 is 27.5 Å². The fourth-order valence-corrected chi connectivity index (χ4v) is 3.04. The van der Waals surface area contributed by atoms with Crippen LogP contribution in [0.25, 0.3) is 0 Å². The maximum atomic E-state index is 12.9. The molecule has 0 unspecified atom stereocenters. The summed E-state index contributed by atoms with van der Waals surface area (Å²) in [6.07, 6.45) is -0.986. The van der Waals surface area contributed by atoms with Crippen LogP contribution in [0.1, 0.15) is 23.4 Å². The Hall–Kier alpha value is -2.26. The highest BCUT2D eigenvalue weighted by atomic mass is 79.9. The zero-order valence-electron chi connectivity index (χ0n) is 14.2. The van der Waals surface area contributed by atoms with E-state index in [1.807, 2.05) is 12.1 Å². The second kappa shape index (κ2) is 8.18. The minimum atomic E-state index is -2.72. The number of rotatable bonds is 6. The number of amides is 1. The Morgan fingerprint density at radius 1 is 1.26 bits per heavy atom. The molecule has 0 aliphatic heterocycles. The number of benzene rings is 1. The summed E-state index contributed by atoms with van der Waals surface area (Å²) in [6, 6.07) is 9.02. The lowest BCUT2D eigenvalue weighted by Crippen LogP contribution is -2.20. The van der Waals surface area contributed by atoms with Gasteiger partial charge in [0.1, 0.15) is 12.2 Å². The number of carbonyl (C=O) groups excluding carboxylic acids is 1. The van der Waals surface area contributed by atoms with Crippen molar-refractivity contribution in [1.82, 2.24) is 19.6 Å². The maximum Gasteiger partial charge on any atom is 0.283 e. The maximum absolute atomic E-state index is 12.9. The van der Waals surface area contributed by atoms with Crippen LogP contribution in [0.2, 0.25) is 5.02 Å². The average molecular weight is 459 g/mol. The van der Waals surface area contributed by atoms with Crippen molar-refractivity contribution >= 4 is 39.3 Å². The number of halogens is 4. The Morgan fingerprint density at radius 3 is 2.59 bits per heavy atom. The fraction of sp³-hybridized carbons (Fsp3) is 0.235. The number of alkyl halides is 2. The summed E-state index contributed by atoms with van der Waals surface area (Å²) in [7, 11) is 0. The molecule has 3 rings (SSSR count). The summed E-state index contributed by atoms with van der Waals surface area (Å²) in [5, 5.41) is 11.3. The third-order valence-corrected chi connectivity index (χ3v) is 5.06. The number of nitrogens with one attached hydrogen (secondary N) is 1. The zero-order chi connectivity index (χ0) is 19.6. The number of nitrogens with zero attached hydrogens (tertiary/aromatic N) is 4. The summed E-state index contributed by atoms with van der Waals surface area (Å²) in [5.74, 6) is -0.0439. The second-order valence-corrected chi connectivity index (χ2v) is 7.05. The highest BCUT2D eigenvalue weighted by Crippen LogP contribution is 2.28. The Labute approximate surface area is 167 Å². The minimum absolute atomic E-state index is 0.193. The third kappa shape index (κ3) is 4.72. The van der Waals surface area contributed by atoms with E-state index in [1.165, 1.54) is 4.68 Å². The molecule has 0 atom stereocenters. The highest BCUT2D eigenvalue weighted by Gasteiger charge is 2.21. The molecule has 10 heteroatoms. The van der Waals surface area contributed by atoms with Crippen molar-refractivity contribution in [3.8, 4) is 0 Å². The lowest BCUT2D eigenvalue weighted by molar-refractivity contribution is -0.117. The molecule has 1 N–H and O–H groups in total. The molecule has 0 spiro atoms. The largest absolute Gasteiger partial charge is 0.308 e. The van der Waals surface area contributed by atoms with Crippen LogP contribution in [-0.4, -0.2) is 25.5 Å². The topological polar surface area (TPSA) is 64.7 Å². The summed E-state index contributed by atoms with van der Waals surface area (Å²) in [6.45, 7) is 1.94. The molecular weight excluding hydrogens is 444 g/mol. The molecule has 1 amide bonds. The number of hydrogen-bond donors (Lipinski definition) is 1. The van der Waals surface area contributed by atoms with Crippen LogP contribution in [0.4, 0.5) is 14.6 Å². The molecule has 0 radical (unpaired) electrons. The van der Waals surface area contributed by atoms with Crippen molar-refractivity contribution in [2.24, 2.45) is 0 Å². The van der Waals surface area contributed by atoms with Gasteiger partial charge in [0.25, 0.3) is 6.43 Å². The highest BCUT2D eigenvalue weighted by molar-refractivity contribution is 9.10. The fourth-order valence-electron chi connectivity index (χ4n) is 2.45. The summed E-state index contributed by atoms with van der Waals surface area (Å²) < 4.78 is 28.9. The number of hydrogen-bond acceptors (Lipinski definition) is 3. The molecule has 0 saturated heterocycles. The van der Waals surface area contributed by atoms with Gasteiger partial charge in [0.05, 0.1) is 16.7 Å². The van der Waals surface area contributed by atoms with E-state index in [-0.39, 0.29) is 16.7 Å². The molecule has 27 heavy (non-hydrogen) atoms. The molecule has 0 aliphatic carbocycles. The molecular formula is C17H15BrClF2N5O. The lowest BCUT2D eigenvalue weighted by atomic mass is 10.2. The van der Waals surface area contributed by atoms with E-state index in [0.29, 0.717) is 23.1 Å². The van der Waals surface area contributed by atoms with Crippen LogP contribution in [0, 0.1) is 6.92 Å². The van der Waals surface area contributed by atoms with Gasteiger partial charge in [-0.2, -0.15) is 10.2 Å². The van der Waals surface area contributed by atoms with Crippen LogP contribution in [0.15, 0.2) is 41.0 Å². The van der Waals surface area contributed by atoms with Crippen molar-refractivity contribution < 1.29 is 13.6 Å². The Morgan fingerprint density at radius 2 is 1.96 bits per heavy atom. The van der Waals surface area contributed by atoms with E-state index in [1.54, 1.807) is 36.0 Å². The lowest BCUT2D eigenvalue weighted by Gasteiger charge is -2.05. The SMILES string of the molecule is Cc1c(Br)c(C(F)F)nn1CC(=O)Nc1ccn(Cc2ccc(Cl)cc2)n1. The Bertz CT molecular complexity index is 955. The van der Waals surface area contributed by atoms with Gasteiger partial charge in [0.2, 0.25) is 5.91 Å². The zero-order valence-corrected chi connectivity index (χ0v) is 16.5. The molecule has 3 aromatic rings. The molecule has 0 aliphatic rings. The van der Waals surface area contributed by atoms with Crippen molar-refractivity contribution in [1.29, 1.82) is 0 Å². The van der Waals surface area contributed by atoms with Crippen LogP contribution in [0.3, 0.4) is 0 Å². The smallest absolute Gasteiger partial charge is 0.283 e. The normalized spacial score (nSPS) is 11.2. The van der Waals surface area contributed by atoms with E-state index in [9.17, 15) is 13.6 Å². The van der Waals surface area contributed by atoms with Gasteiger partial charge >= 0.3 is 0 Å². The van der Waals surface area contributed by atoms with Crippen LogP contribution in [0.5, 0.6) is 0 Å². The number of aromatic nitrogens is 4. The number of carbonyl (C=O) groups is 1. The molecule has 142 valence electrons. The van der Waals surface area contributed by atoms with Crippen molar-refractivity contribution in [2.45, 2.75) is 26.4 Å². The molecule has 2 aromatic heterocycles. The van der Waals surface area contributed by atoms with Gasteiger partial charge in [-0.25, -0.2) is 8.78 Å². The molecule has 0 saturated carbocycles. The summed E-state index contributed by atoms with van der Waals surface area (Å²) in [5.41, 5.74) is 1.08. The predicted molar refractivity (Wildman–Crippen MR) is 101 cm³/mol. The molecule has 1 aromatic carbocycles. The first-order valence-electron chi connectivity index (χ1n) is 7.92. The van der Waals surface area contributed by atoms with Gasteiger partial charge in [-0.15, -0.1) is 0 Å². The monoisotopic (exact) mass is 457 g/mol. The van der Waals surface area contributed by atoms with Crippen molar-refractivity contribution in [3.05, 3.63) is 63.0 Å². The first-order chi connectivity index (χ1) is 12.8. The van der Waals surface area contributed by atoms with Gasteiger partial charge in [-0.3, -0.25) is 14.2 Å². The molecule has 0 fully saturated rings. The first-order valence-corrected chi connectivity index (χ1v) is 9.09. The molecule has 2 heterocycles. The van der Waals surface area contributed by atoms with Crippen molar-refractivity contribution in [3.63, 3.8) is 0 Å². The quantitative estimate of drug-likeness (QED) is 0.594. The Kier molecular flexibility index (Phi) is 5.91. The van der Waals surface area contributed by atoms with Crippen LogP contribution in [-0.2, 0) is 17.9 Å². The average Bonchev–Trinajstić information content (AvgIpc) is 3.16. The van der Waals surface area contributed by atoms with Gasteiger partial charge in [0, 0.05) is 17.3 Å². The van der Waals surface area contributed by atoms with E-state index >= 15 is 0 Å². The third-order valence-electron chi connectivity index (χ3n) is 3.82. The van der Waals surface area contributed by atoms with E-state index in [0.717, 1.165) is 5.56 Å². The Balaban J connectivity index is 1.63. The van der Waals surface area contributed by atoms with Gasteiger partial charge in [-0.1, -0.05) is 23.7 Å². The van der Waals surface area contributed by atoms with E-state index in [2.05, 4.69) is 31.4 Å². The number of anilines is 1. The summed E-state index contributed by atoms with van der Waals surface area (Å²) >= 11 is 8.94. The van der Waals surface area contributed by atoms with Crippen molar-refractivity contribution in [2.75, 3.05) is 5.32 Å². The molecule has 0 bridgehead atoms. The van der Waals surface area contributed by atoms with E-state index < -0.39 is 12.3 Å². The van der Waals surface area contributed by atoms with E-state index in [4.69, 9.17) is 11.6 Å². The van der Waals surface area contributed by atoms with Gasteiger partial charge < -0.3 is 5.32 Å². The second-order valence-electron chi connectivity index (χ2n) is 5.82. The standard InChI is InChI=1S/C17H15BrClF2N5O/c1-10-15(18)16(17(20)21)24-26(10)9-14(27)22-13-6-7-25(23-13)8-11-2-4-12(19)5-3-11/h2-7,17H,8-9H2,1H3,(H,22,23,27). The first kappa shape index (κ1) is 19.5. The van der Waals surface area contributed by atoms with Gasteiger partial charge in [-0.05, 0) is 40.5 Å².